The molecule has 2 nitrogen and oxygen atoms in total. The predicted octanol–water partition coefficient (Wildman–Crippen LogP) is 2.49. The molecule has 0 spiro atoms. The van der Waals surface area contributed by atoms with Gasteiger partial charge in [0.2, 0.25) is 0 Å². The van der Waals surface area contributed by atoms with E-state index >= 15 is 0 Å². The van der Waals surface area contributed by atoms with E-state index in [-0.39, 0.29) is 0 Å². The molecule has 1 saturated carbocycles. The Morgan fingerprint density at radius 3 is 2.71 bits per heavy atom. The summed E-state index contributed by atoms with van der Waals surface area (Å²) in [5.41, 5.74) is 6.96. The Morgan fingerprint density at radius 1 is 1.43 bits per heavy atom. The van der Waals surface area contributed by atoms with Crippen LogP contribution in [0.2, 0.25) is 0 Å². The predicted molar refractivity (Wildman–Crippen MR) is 60.2 cm³/mol. The third-order valence-corrected chi connectivity index (χ3v) is 2.90. The second kappa shape index (κ2) is 7.02. The van der Waals surface area contributed by atoms with Crippen molar-refractivity contribution in [3.8, 4) is 0 Å². The third-order valence-electron chi connectivity index (χ3n) is 2.90. The molecule has 0 radical (unpaired) electrons. The fraction of sp³-hybridized carbons (Fsp3) is 0.833. The first kappa shape index (κ1) is 11.7. The zero-order valence-corrected chi connectivity index (χ0v) is 9.30. The van der Waals surface area contributed by atoms with Crippen LogP contribution in [-0.4, -0.2) is 20.3 Å². The number of ether oxygens (including phenoxy) is 1. The average Bonchev–Trinajstić information content (AvgIpc) is 2.67. The number of hydrogen-bond acceptors (Lipinski definition) is 2. The second-order valence-corrected chi connectivity index (χ2v) is 4.19. The van der Waals surface area contributed by atoms with Gasteiger partial charge in [0.05, 0.1) is 6.61 Å². The monoisotopic (exact) mass is 197 g/mol. The van der Waals surface area contributed by atoms with Gasteiger partial charge in [0.1, 0.15) is 0 Å². The normalized spacial score (nSPS) is 19.1. The number of methoxy groups -OCH3 is 1. The van der Waals surface area contributed by atoms with Crippen molar-refractivity contribution in [2.75, 3.05) is 20.3 Å². The Morgan fingerprint density at radius 2 is 2.14 bits per heavy atom. The maximum absolute atomic E-state index is 5.51. The quantitative estimate of drug-likeness (QED) is 0.664. The first-order valence-electron chi connectivity index (χ1n) is 5.75. The SMILES string of the molecule is COCC(=CC1CCCC1)CCCN. The van der Waals surface area contributed by atoms with Crippen molar-refractivity contribution in [1.29, 1.82) is 0 Å². The van der Waals surface area contributed by atoms with Gasteiger partial charge in [0.15, 0.2) is 0 Å². The zero-order valence-electron chi connectivity index (χ0n) is 9.30. The highest BCUT2D eigenvalue weighted by atomic mass is 16.5. The smallest absolute Gasteiger partial charge is 0.0673 e. The summed E-state index contributed by atoms with van der Waals surface area (Å²) in [6, 6.07) is 0. The summed E-state index contributed by atoms with van der Waals surface area (Å²) in [5.74, 6) is 0.818. The highest BCUT2D eigenvalue weighted by Gasteiger charge is 2.13. The van der Waals surface area contributed by atoms with Crippen molar-refractivity contribution >= 4 is 0 Å². The van der Waals surface area contributed by atoms with Crippen molar-refractivity contribution in [1.82, 2.24) is 0 Å². The molecule has 1 aliphatic carbocycles. The summed E-state index contributed by atoms with van der Waals surface area (Å²) in [6.07, 6.45) is 10.2. The van der Waals surface area contributed by atoms with Crippen molar-refractivity contribution < 1.29 is 4.74 Å². The minimum atomic E-state index is 0.783. The largest absolute Gasteiger partial charge is 0.380 e. The highest BCUT2D eigenvalue weighted by molar-refractivity contribution is 5.06. The van der Waals surface area contributed by atoms with Gasteiger partial charge >= 0.3 is 0 Å². The number of allylic oxidation sites excluding steroid dienone is 1. The van der Waals surface area contributed by atoms with E-state index in [1.54, 1.807) is 7.11 Å². The summed E-state index contributed by atoms with van der Waals surface area (Å²) in [5, 5.41) is 0. The van der Waals surface area contributed by atoms with Gasteiger partial charge in [-0.25, -0.2) is 0 Å². The van der Waals surface area contributed by atoms with Gasteiger partial charge in [-0.3, -0.25) is 0 Å². The van der Waals surface area contributed by atoms with Crippen LogP contribution in [0.3, 0.4) is 0 Å². The van der Waals surface area contributed by atoms with Crippen LogP contribution in [-0.2, 0) is 4.74 Å². The lowest BCUT2D eigenvalue weighted by Gasteiger charge is -2.09. The van der Waals surface area contributed by atoms with Crippen LogP contribution in [0.5, 0.6) is 0 Å². The fourth-order valence-electron chi connectivity index (χ4n) is 2.18. The molecule has 82 valence electrons. The Bertz CT molecular complexity index is 171. The molecule has 0 saturated heterocycles. The molecule has 2 N–H and O–H groups in total. The van der Waals surface area contributed by atoms with Crippen molar-refractivity contribution in [3.63, 3.8) is 0 Å². The minimum absolute atomic E-state index is 0.783. The lowest BCUT2D eigenvalue weighted by atomic mass is 10.0. The number of nitrogens with two attached hydrogens (primary N) is 1. The van der Waals surface area contributed by atoms with Crippen LogP contribution in [0.15, 0.2) is 11.6 Å². The van der Waals surface area contributed by atoms with E-state index in [0.717, 1.165) is 31.9 Å². The lowest BCUT2D eigenvalue weighted by molar-refractivity contribution is 0.222. The van der Waals surface area contributed by atoms with Crippen LogP contribution >= 0.6 is 0 Å². The van der Waals surface area contributed by atoms with Gasteiger partial charge in [-0.15, -0.1) is 0 Å². The van der Waals surface area contributed by atoms with E-state index in [9.17, 15) is 0 Å². The van der Waals surface area contributed by atoms with E-state index in [0.29, 0.717) is 0 Å². The summed E-state index contributed by atoms with van der Waals surface area (Å²) < 4.78 is 5.20. The van der Waals surface area contributed by atoms with Crippen molar-refractivity contribution in [2.24, 2.45) is 11.7 Å². The minimum Gasteiger partial charge on any atom is -0.380 e. The molecule has 0 unspecified atom stereocenters. The van der Waals surface area contributed by atoms with Gasteiger partial charge in [-0.1, -0.05) is 18.9 Å². The molecule has 1 rings (SSSR count). The second-order valence-electron chi connectivity index (χ2n) is 4.19. The summed E-state index contributed by atoms with van der Waals surface area (Å²) in [6.45, 7) is 1.57. The van der Waals surface area contributed by atoms with Crippen LogP contribution < -0.4 is 5.73 Å². The number of rotatable bonds is 6. The van der Waals surface area contributed by atoms with E-state index in [2.05, 4.69) is 6.08 Å². The standard InChI is InChI=1S/C12H23NO/c1-14-10-12(7-4-8-13)9-11-5-2-3-6-11/h9,11H,2-8,10,13H2,1H3. The third kappa shape index (κ3) is 4.25. The molecule has 1 aliphatic rings. The topological polar surface area (TPSA) is 35.2 Å². The van der Waals surface area contributed by atoms with Gasteiger partial charge in [-0.05, 0) is 43.7 Å². The highest BCUT2D eigenvalue weighted by Crippen LogP contribution is 2.27. The first-order valence-corrected chi connectivity index (χ1v) is 5.75. The van der Waals surface area contributed by atoms with Crippen molar-refractivity contribution in [2.45, 2.75) is 38.5 Å². The fourth-order valence-corrected chi connectivity index (χ4v) is 2.18. The lowest BCUT2D eigenvalue weighted by Crippen LogP contribution is -2.03. The van der Waals surface area contributed by atoms with E-state index in [1.807, 2.05) is 0 Å². The summed E-state index contributed by atoms with van der Waals surface area (Å²) in [7, 11) is 1.77. The molecule has 0 atom stereocenters. The molecule has 14 heavy (non-hydrogen) atoms. The Balaban J connectivity index is 2.37. The first-order chi connectivity index (χ1) is 6.86. The summed E-state index contributed by atoms with van der Waals surface area (Å²) in [4.78, 5) is 0. The van der Waals surface area contributed by atoms with Crippen molar-refractivity contribution in [3.05, 3.63) is 11.6 Å². The maximum Gasteiger partial charge on any atom is 0.0673 e. The van der Waals surface area contributed by atoms with Crippen LogP contribution in [0.4, 0.5) is 0 Å². The molecule has 0 aromatic carbocycles. The van der Waals surface area contributed by atoms with Crippen LogP contribution in [0.25, 0.3) is 0 Å². The molecule has 0 aromatic heterocycles. The molecule has 0 amide bonds. The molecule has 0 aliphatic heterocycles. The van der Waals surface area contributed by atoms with E-state index in [4.69, 9.17) is 10.5 Å². The number of hydrogen-bond donors (Lipinski definition) is 1. The summed E-state index contributed by atoms with van der Waals surface area (Å²) >= 11 is 0. The molecule has 1 fully saturated rings. The van der Waals surface area contributed by atoms with Gasteiger partial charge in [0.25, 0.3) is 0 Å². The molecular formula is C12H23NO. The molecular weight excluding hydrogens is 174 g/mol. The molecule has 0 bridgehead atoms. The average molecular weight is 197 g/mol. The zero-order chi connectivity index (χ0) is 10.2. The van der Waals surface area contributed by atoms with Gasteiger partial charge in [0, 0.05) is 7.11 Å². The van der Waals surface area contributed by atoms with Crippen LogP contribution in [0.1, 0.15) is 38.5 Å². The molecule has 0 aromatic rings. The van der Waals surface area contributed by atoms with Crippen LogP contribution in [0, 0.1) is 5.92 Å². The van der Waals surface area contributed by atoms with E-state index in [1.165, 1.54) is 31.3 Å². The molecule has 2 heteroatoms. The Kier molecular flexibility index (Phi) is 5.88. The Hall–Kier alpha value is -0.340. The van der Waals surface area contributed by atoms with E-state index < -0.39 is 0 Å². The maximum atomic E-state index is 5.51. The molecule has 0 heterocycles. The Labute approximate surface area is 87.5 Å². The van der Waals surface area contributed by atoms with Gasteiger partial charge in [-0.2, -0.15) is 0 Å². The van der Waals surface area contributed by atoms with Gasteiger partial charge < -0.3 is 10.5 Å².